The number of phenolic OH excluding ortho intramolecular Hbond substituents is 1. The predicted molar refractivity (Wildman–Crippen MR) is 122 cm³/mol. The van der Waals surface area contributed by atoms with Gasteiger partial charge in [0.1, 0.15) is 22.9 Å². The second kappa shape index (κ2) is 9.04. The number of methoxy groups -OCH3 is 1. The van der Waals surface area contributed by atoms with Gasteiger partial charge in [0.05, 0.1) is 19.3 Å². The number of aryl methyl sites for hydroxylation is 2. The minimum Gasteiger partial charge on any atom is -0.507 e. The van der Waals surface area contributed by atoms with E-state index in [1.807, 2.05) is 44.2 Å². The Labute approximate surface area is 188 Å². The Morgan fingerprint density at radius 2 is 2.00 bits per heavy atom. The molecule has 0 saturated heterocycles. The molecule has 0 bridgehead atoms. The number of amides is 1. The number of aromatic amines is 1. The van der Waals surface area contributed by atoms with Gasteiger partial charge in [-0.2, -0.15) is 5.10 Å². The number of benzene rings is 2. The van der Waals surface area contributed by atoms with Crippen LogP contribution in [0.1, 0.15) is 52.1 Å². The summed E-state index contributed by atoms with van der Waals surface area (Å²) in [6.45, 7) is 7.41. The van der Waals surface area contributed by atoms with Crippen molar-refractivity contribution in [1.29, 1.82) is 0 Å². The number of nitrogens with zero attached hydrogens (tertiary/aromatic N) is 2. The van der Waals surface area contributed by atoms with E-state index in [9.17, 15) is 9.90 Å². The van der Waals surface area contributed by atoms with E-state index < -0.39 is 0 Å². The van der Waals surface area contributed by atoms with Gasteiger partial charge in [-0.15, -0.1) is 0 Å². The van der Waals surface area contributed by atoms with Crippen LogP contribution in [-0.2, 0) is 4.74 Å². The van der Waals surface area contributed by atoms with Crippen molar-refractivity contribution in [1.82, 2.24) is 15.1 Å². The van der Waals surface area contributed by atoms with Crippen LogP contribution in [0.15, 0.2) is 36.4 Å². The van der Waals surface area contributed by atoms with Gasteiger partial charge in [0.2, 0.25) is 0 Å². The molecule has 168 valence electrons. The zero-order valence-electron chi connectivity index (χ0n) is 18.9. The number of hydrogen-bond acceptors (Lipinski definition) is 5. The summed E-state index contributed by atoms with van der Waals surface area (Å²) in [6.07, 6.45) is 0.911. The molecule has 1 aliphatic heterocycles. The van der Waals surface area contributed by atoms with E-state index in [1.165, 1.54) is 0 Å². The predicted octanol–water partition coefficient (Wildman–Crippen LogP) is 4.38. The molecule has 2 aromatic carbocycles. The van der Waals surface area contributed by atoms with Crippen molar-refractivity contribution in [3.63, 3.8) is 0 Å². The summed E-state index contributed by atoms with van der Waals surface area (Å²) in [5.74, 6) is 0.777. The lowest BCUT2D eigenvalue weighted by molar-refractivity contribution is 0.0677. The molecule has 7 heteroatoms. The highest BCUT2D eigenvalue weighted by molar-refractivity contribution is 6.00. The zero-order chi connectivity index (χ0) is 22.8. The highest BCUT2D eigenvalue weighted by Crippen LogP contribution is 2.45. The number of rotatable bonds is 8. The molecule has 2 N–H and O–H groups in total. The summed E-state index contributed by atoms with van der Waals surface area (Å²) in [5, 5.41) is 18.2. The molecule has 0 spiro atoms. The molecule has 7 nitrogen and oxygen atoms in total. The van der Waals surface area contributed by atoms with Crippen LogP contribution in [-0.4, -0.2) is 53.0 Å². The maximum Gasteiger partial charge on any atom is 0.273 e. The Kier molecular flexibility index (Phi) is 6.19. The number of ether oxygens (including phenoxy) is 2. The summed E-state index contributed by atoms with van der Waals surface area (Å²) in [5.41, 5.74) is 5.23. The molecular formula is C25H29N3O4. The Morgan fingerprint density at radius 3 is 2.72 bits per heavy atom. The molecule has 0 saturated carbocycles. The van der Waals surface area contributed by atoms with Crippen molar-refractivity contribution < 1.29 is 19.4 Å². The molecule has 0 fully saturated rings. The third-order valence-electron chi connectivity index (χ3n) is 5.74. The SMILES string of the molecule is CCCOc1cccc([C@H]2c3c(-c4c(C)cc(C)cc4O)n[nH]c3C(=O)N2CCOC)c1. The number of fused-ring (bicyclic) bond motifs is 1. The van der Waals surface area contributed by atoms with Crippen LogP contribution in [0.3, 0.4) is 0 Å². The van der Waals surface area contributed by atoms with Crippen LogP contribution in [0.25, 0.3) is 11.3 Å². The van der Waals surface area contributed by atoms with Crippen molar-refractivity contribution in [2.24, 2.45) is 0 Å². The van der Waals surface area contributed by atoms with E-state index in [4.69, 9.17) is 9.47 Å². The summed E-state index contributed by atoms with van der Waals surface area (Å²) in [4.78, 5) is 15.1. The van der Waals surface area contributed by atoms with Gasteiger partial charge < -0.3 is 19.5 Å². The first-order chi connectivity index (χ1) is 15.5. The molecule has 0 radical (unpaired) electrons. The van der Waals surface area contributed by atoms with Gasteiger partial charge >= 0.3 is 0 Å². The second-order valence-corrected chi connectivity index (χ2v) is 8.15. The minimum atomic E-state index is -0.369. The number of carbonyl (C=O) groups is 1. The highest BCUT2D eigenvalue weighted by Gasteiger charge is 2.42. The molecule has 2 heterocycles. The monoisotopic (exact) mass is 435 g/mol. The minimum absolute atomic E-state index is 0.134. The Bertz CT molecular complexity index is 1110. The molecular weight excluding hydrogens is 406 g/mol. The molecule has 32 heavy (non-hydrogen) atoms. The van der Waals surface area contributed by atoms with Crippen LogP contribution >= 0.6 is 0 Å². The van der Waals surface area contributed by atoms with E-state index in [0.29, 0.717) is 36.7 Å². The molecule has 1 amide bonds. The number of hydrogen-bond donors (Lipinski definition) is 2. The van der Waals surface area contributed by atoms with Crippen LogP contribution in [0.4, 0.5) is 0 Å². The van der Waals surface area contributed by atoms with Crippen LogP contribution < -0.4 is 4.74 Å². The van der Waals surface area contributed by atoms with Crippen LogP contribution in [0, 0.1) is 13.8 Å². The lowest BCUT2D eigenvalue weighted by Crippen LogP contribution is -2.32. The average molecular weight is 436 g/mol. The van der Waals surface area contributed by atoms with Gasteiger partial charge in [0.15, 0.2) is 0 Å². The van der Waals surface area contributed by atoms with Crippen molar-refractivity contribution in [2.45, 2.75) is 33.2 Å². The smallest absolute Gasteiger partial charge is 0.273 e. The van der Waals surface area contributed by atoms with Gasteiger partial charge in [-0.25, -0.2) is 0 Å². The number of H-pyrrole nitrogens is 1. The van der Waals surface area contributed by atoms with Gasteiger partial charge in [-0.1, -0.05) is 25.1 Å². The first-order valence-corrected chi connectivity index (χ1v) is 10.9. The maximum atomic E-state index is 13.3. The molecule has 1 aromatic heterocycles. The fourth-order valence-corrected chi connectivity index (χ4v) is 4.40. The largest absolute Gasteiger partial charge is 0.507 e. The number of nitrogens with one attached hydrogen (secondary N) is 1. The molecule has 4 rings (SSSR count). The van der Waals surface area contributed by atoms with Crippen molar-refractivity contribution in [2.75, 3.05) is 26.9 Å². The van der Waals surface area contributed by atoms with Crippen molar-refractivity contribution in [3.05, 3.63) is 64.3 Å². The van der Waals surface area contributed by atoms with E-state index in [2.05, 4.69) is 17.1 Å². The lowest BCUT2D eigenvalue weighted by Gasteiger charge is -2.26. The summed E-state index contributed by atoms with van der Waals surface area (Å²) in [7, 11) is 1.62. The first kappa shape index (κ1) is 21.9. The zero-order valence-corrected chi connectivity index (χ0v) is 18.9. The Morgan fingerprint density at radius 1 is 1.19 bits per heavy atom. The Balaban J connectivity index is 1.87. The van der Waals surface area contributed by atoms with Crippen molar-refractivity contribution in [3.8, 4) is 22.8 Å². The standard InChI is InChI=1S/C25H29N3O4/c1-5-10-32-18-8-6-7-17(14-18)24-21-22(20-16(3)12-15(2)13-19(20)29)26-27-23(21)25(30)28(24)9-11-31-4/h6-8,12-14,24,29H,5,9-11H2,1-4H3,(H,26,27)/t24-/m0/s1. The summed E-state index contributed by atoms with van der Waals surface area (Å²) < 4.78 is 11.1. The molecule has 0 aliphatic carbocycles. The van der Waals surface area contributed by atoms with E-state index in [-0.39, 0.29) is 17.7 Å². The topological polar surface area (TPSA) is 87.7 Å². The third-order valence-corrected chi connectivity index (χ3v) is 5.74. The molecule has 1 aliphatic rings. The highest BCUT2D eigenvalue weighted by atomic mass is 16.5. The number of aromatic hydroxyl groups is 1. The second-order valence-electron chi connectivity index (χ2n) is 8.15. The normalized spacial score (nSPS) is 15.3. The molecule has 0 unspecified atom stereocenters. The number of phenols is 1. The van der Waals surface area contributed by atoms with Gasteiger partial charge in [-0.3, -0.25) is 9.89 Å². The van der Waals surface area contributed by atoms with Gasteiger partial charge in [0, 0.05) is 24.8 Å². The van der Waals surface area contributed by atoms with Gasteiger partial charge in [-0.05, 0) is 55.2 Å². The molecule has 1 atom stereocenters. The van der Waals surface area contributed by atoms with E-state index >= 15 is 0 Å². The average Bonchev–Trinajstić information content (AvgIpc) is 3.29. The third kappa shape index (κ3) is 3.84. The first-order valence-electron chi connectivity index (χ1n) is 10.9. The van der Waals surface area contributed by atoms with Gasteiger partial charge in [0.25, 0.3) is 5.91 Å². The quantitative estimate of drug-likeness (QED) is 0.548. The van der Waals surface area contributed by atoms with Crippen LogP contribution in [0.5, 0.6) is 11.5 Å². The summed E-state index contributed by atoms with van der Waals surface area (Å²) in [6, 6.07) is 11.2. The summed E-state index contributed by atoms with van der Waals surface area (Å²) >= 11 is 0. The fourth-order valence-electron chi connectivity index (χ4n) is 4.40. The number of aromatic nitrogens is 2. The van der Waals surface area contributed by atoms with Crippen LogP contribution in [0.2, 0.25) is 0 Å². The van der Waals surface area contributed by atoms with Crippen molar-refractivity contribution >= 4 is 5.91 Å². The number of carbonyl (C=O) groups excluding carboxylic acids is 1. The Hall–Kier alpha value is -3.32. The molecule has 3 aromatic rings. The lowest BCUT2D eigenvalue weighted by atomic mass is 9.93. The van der Waals surface area contributed by atoms with E-state index in [0.717, 1.165) is 34.4 Å². The van der Waals surface area contributed by atoms with E-state index in [1.54, 1.807) is 18.1 Å². The maximum absolute atomic E-state index is 13.3. The fraction of sp³-hybridized carbons (Fsp3) is 0.360.